The predicted molar refractivity (Wildman–Crippen MR) is 123 cm³/mol. The molecule has 8 heteroatoms. The first-order valence-corrected chi connectivity index (χ1v) is 10.3. The maximum atomic E-state index is 12.1. The minimum atomic E-state index is -0.351. The minimum absolute atomic E-state index is 0.341. The average Bonchev–Trinajstić information content (AvgIpc) is 2.74. The van der Waals surface area contributed by atoms with Crippen molar-refractivity contribution < 1.29 is 14.3 Å². The van der Waals surface area contributed by atoms with Crippen LogP contribution in [0.1, 0.15) is 21.5 Å². The minimum Gasteiger partial charge on any atom is -0.493 e. The second-order valence-corrected chi connectivity index (χ2v) is 7.91. The fraction of sp³-hybridized carbons (Fsp3) is 0.0909. The number of amides is 1. The zero-order chi connectivity index (χ0) is 21.5. The van der Waals surface area contributed by atoms with E-state index in [9.17, 15) is 4.79 Å². The summed E-state index contributed by atoms with van der Waals surface area (Å²) in [5.41, 5.74) is 4.54. The van der Waals surface area contributed by atoms with Gasteiger partial charge in [0.15, 0.2) is 11.5 Å². The van der Waals surface area contributed by atoms with Crippen LogP contribution in [0.5, 0.6) is 11.5 Å². The topological polar surface area (TPSA) is 59.9 Å². The Morgan fingerprint density at radius 2 is 1.80 bits per heavy atom. The number of nitrogens with one attached hydrogen (secondary N) is 1. The number of hydrazone groups is 1. The van der Waals surface area contributed by atoms with Crippen LogP contribution in [0.3, 0.4) is 0 Å². The molecule has 3 aromatic carbocycles. The van der Waals surface area contributed by atoms with Crippen molar-refractivity contribution in [1.29, 1.82) is 0 Å². The van der Waals surface area contributed by atoms with Crippen molar-refractivity contribution in [3.8, 4) is 11.5 Å². The Balaban J connectivity index is 1.68. The highest BCUT2D eigenvalue weighted by molar-refractivity contribution is 9.10. The van der Waals surface area contributed by atoms with E-state index in [2.05, 4.69) is 26.5 Å². The molecule has 30 heavy (non-hydrogen) atoms. The molecule has 154 valence electrons. The van der Waals surface area contributed by atoms with Gasteiger partial charge in [-0.2, -0.15) is 5.10 Å². The van der Waals surface area contributed by atoms with Crippen LogP contribution in [0.15, 0.2) is 70.2 Å². The van der Waals surface area contributed by atoms with Crippen LogP contribution >= 0.6 is 39.1 Å². The number of benzene rings is 3. The number of halogens is 3. The molecule has 0 radical (unpaired) electrons. The number of carbonyl (C=O) groups excluding carboxylic acids is 1. The Labute approximate surface area is 192 Å². The quantitative estimate of drug-likeness (QED) is 0.310. The average molecular weight is 508 g/mol. The monoisotopic (exact) mass is 506 g/mol. The van der Waals surface area contributed by atoms with Crippen LogP contribution in [0.25, 0.3) is 0 Å². The highest BCUT2D eigenvalue weighted by Crippen LogP contribution is 2.36. The zero-order valence-electron chi connectivity index (χ0n) is 15.9. The highest BCUT2D eigenvalue weighted by atomic mass is 79.9. The van der Waals surface area contributed by atoms with Gasteiger partial charge in [-0.1, -0.05) is 51.3 Å². The van der Waals surface area contributed by atoms with Gasteiger partial charge >= 0.3 is 0 Å². The van der Waals surface area contributed by atoms with Crippen LogP contribution in [-0.2, 0) is 6.61 Å². The number of ether oxygens (including phenoxy) is 2. The molecule has 5 nitrogen and oxygen atoms in total. The number of hydrogen-bond acceptors (Lipinski definition) is 4. The Kier molecular flexibility index (Phi) is 7.74. The largest absolute Gasteiger partial charge is 0.493 e. The third kappa shape index (κ3) is 5.98. The summed E-state index contributed by atoms with van der Waals surface area (Å²) in [4.78, 5) is 12.1. The van der Waals surface area contributed by atoms with Crippen molar-refractivity contribution in [1.82, 2.24) is 5.43 Å². The van der Waals surface area contributed by atoms with Crippen LogP contribution in [0, 0.1) is 0 Å². The van der Waals surface area contributed by atoms with E-state index >= 15 is 0 Å². The Hall–Kier alpha value is -2.54. The summed E-state index contributed by atoms with van der Waals surface area (Å²) in [6, 6.07) is 17.7. The lowest BCUT2D eigenvalue weighted by molar-refractivity contribution is 0.0955. The van der Waals surface area contributed by atoms with Gasteiger partial charge in [0.2, 0.25) is 0 Å². The summed E-state index contributed by atoms with van der Waals surface area (Å²) in [6.07, 6.45) is 1.47. The van der Waals surface area contributed by atoms with Gasteiger partial charge in [-0.25, -0.2) is 5.43 Å². The van der Waals surface area contributed by atoms with Crippen molar-refractivity contribution in [3.63, 3.8) is 0 Å². The van der Waals surface area contributed by atoms with E-state index in [0.29, 0.717) is 39.3 Å². The first-order valence-electron chi connectivity index (χ1n) is 8.80. The summed E-state index contributed by atoms with van der Waals surface area (Å²) in [5, 5.41) is 4.90. The van der Waals surface area contributed by atoms with E-state index in [1.54, 1.807) is 36.4 Å². The van der Waals surface area contributed by atoms with Crippen LogP contribution in [-0.4, -0.2) is 19.2 Å². The number of carbonyl (C=O) groups is 1. The molecular weight excluding hydrogens is 491 g/mol. The molecule has 3 rings (SSSR count). The molecule has 1 amide bonds. The molecule has 0 aliphatic rings. The summed E-state index contributed by atoms with van der Waals surface area (Å²) in [6.45, 7) is 0.341. The third-order valence-electron chi connectivity index (χ3n) is 4.03. The molecule has 0 aromatic heterocycles. The lowest BCUT2D eigenvalue weighted by atomic mass is 10.2. The molecule has 0 saturated heterocycles. The molecule has 0 aliphatic heterocycles. The fourth-order valence-electron chi connectivity index (χ4n) is 2.52. The summed E-state index contributed by atoms with van der Waals surface area (Å²) in [5.74, 6) is 0.546. The molecule has 0 heterocycles. The van der Waals surface area contributed by atoms with Gasteiger partial charge in [-0.05, 0) is 59.7 Å². The SMILES string of the molecule is COc1cc(/C=N\NC(=O)c2ccc(Cl)cc2)cc(Cl)c1OCc1ccc(Br)cc1. The van der Waals surface area contributed by atoms with E-state index < -0.39 is 0 Å². The third-order valence-corrected chi connectivity index (χ3v) is 5.10. The molecule has 0 atom stereocenters. The van der Waals surface area contributed by atoms with Gasteiger partial charge in [0.1, 0.15) is 6.61 Å². The maximum Gasteiger partial charge on any atom is 0.271 e. The normalized spacial score (nSPS) is 10.8. The summed E-state index contributed by atoms with van der Waals surface area (Å²) < 4.78 is 12.3. The summed E-state index contributed by atoms with van der Waals surface area (Å²) >= 11 is 15.6. The molecule has 0 fully saturated rings. The molecule has 3 aromatic rings. The van der Waals surface area contributed by atoms with E-state index in [-0.39, 0.29) is 5.91 Å². The molecule has 0 bridgehead atoms. The second-order valence-electron chi connectivity index (χ2n) is 6.16. The number of nitrogens with zero attached hydrogens (tertiary/aromatic N) is 1. The first kappa shape index (κ1) is 22.2. The Morgan fingerprint density at radius 3 is 2.47 bits per heavy atom. The van der Waals surface area contributed by atoms with Gasteiger partial charge in [-0.3, -0.25) is 4.79 Å². The molecular formula is C22H17BrCl2N2O3. The van der Waals surface area contributed by atoms with Crippen molar-refractivity contribution in [2.24, 2.45) is 5.10 Å². The molecule has 0 aliphatic carbocycles. The number of methoxy groups -OCH3 is 1. The van der Waals surface area contributed by atoms with Gasteiger partial charge < -0.3 is 9.47 Å². The highest BCUT2D eigenvalue weighted by Gasteiger charge is 2.12. The first-order chi connectivity index (χ1) is 14.5. The van der Waals surface area contributed by atoms with E-state index in [1.807, 2.05) is 24.3 Å². The summed E-state index contributed by atoms with van der Waals surface area (Å²) in [7, 11) is 1.53. The number of rotatable bonds is 7. The van der Waals surface area contributed by atoms with Gasteiger partial charge in [-0.15, -0.1) is 0 Å². The predicted octanol–water partition coefficient (Wildman–Crippen LogP) is 6.11. The van der Waals surface area contributed by atoms with Crippen molar-refractivity contribution in [2.75, 3.05) is 7.11 Å². The molecule has 0 unspecified atom stereocenters. The Bertz CT molecular complexity index is 1060. The Morgan fingerprint density at radius 1 is 1.10 bits per heavy atom. The maximum absolute atomic E-state index is 12.1. The smallest absolute Gasteiger partial charge is 0.271 e. The standard InChI is InChI=1S/C22H17BrCl2N2O3/c1-29-20-11-15(12-26-27-22(28)16-4-8-18(24)9-5-16)10-19(25)21(20)30-13-14-2-6-17(23)7-3-14/h2-12H,13H2,1H3,(H,27,28)/b26-12-. The van der Waals surface area contributed by atoms with E-state index in [0.717, 1.165) is 10.0 Å². The van der Waals surface area contributed by atoms with Gasteiger partial charge in [0, 0.05) is 15.1 Å². The molecule has 0 saturated carbocycles. The van der Waals surface area contributed by atoms with Crippen molar-refractivity contribution in [3.05, 3.63) is 91.9 Å². The lowest BCUT2D eigenvalue weighted by Crippen LogP contribution is -2.17. The molecule has 0 spiro atoms. The zero-order valence-corrected chi connectivity index (χ0v) is 19.0. The lowest BCUT2D eigenvalue weighted by Gasteiger charge is -2.13. The van der Waals surface area contributed by atoms with E-state index in [1.165, 1.54) is 13.3 Å². The molecule has 1 N–H and O–H groups in total. The van der Waals surface area contributed by atoms with E-state index in [4.69, 9.17) is 32.7 Å². The fourth-order valence-corrected chi connectivity index (χ4v) is 3.19. The second kappa shape index (κ2) is 10.5. The van der Waals surface area contributed by atoms with Crippen molar-refractivity contribution >= 4 is 51.3 Å². The van der Waals surface area contributed by atoms with Gasteiger partial charge in [0.25, 0.3) is 5.91 Å². The van der Waals surface area contributed by atoms with Gasteiger partial charge in [0.05, 0.1) is 18.3 Å². The van der Waals surface area contributed by atoms with Crippen LogP contribution in [0.2, 0.25) is 10.0 Å². The number of hydrogen-bond donors (Lipinski definition) is 1. The van der Waals surface area contributed by atoms with Crippen LogP contribution in [0.4, 0.5) is 0 Å². The van der Waals surface area contributed by atoms with Crippen molar-refractivity contribution in [2.45, 2.75) is 6.61 Å². The van der Waals surface area contributed by atoms with Crippen LogP contribution < -0.4 is 14.9 Å².